The molecule has 1 N–H and O–H groups in total. The number of halogens is 1. The van der Waals surface area contributed by atoms with Crippen LogP contribution in [-0.4, -0.2) is 36.5 Å². The SMILES string of the molecule is COc1ccccc1CNC(=O)C(C)N(Cc1ccc(F)cc1)C(=O)COc1ccccc1. The number of carbonyl (C=O) groups excluding carboxylic acids is 2. The topological polar surface area (TPSA) is 67.9 Å². The van der Waals surface area contributed by atoms with Crippen LogP contribution in [0.1, 0.15) is 18.1 Å². The fourth-order valence-electron chi connectivity index (χ4n) is 3.29. The first-order valence-electron chi connectivity index (χ1n) is 10.6. The van der Waals surface area contributed by atoms with E-state index in [0.29, 0.717) is 17.1 Å². The fourth-order valence-corrected chi connectivity index (χ4v) is 3.29. The zero-order chi connectivity index (χ0) is 23.6. The molecule has 0 saturated heterocycles. The summed E-state index contributed by atoms with van der Waals surface area (Å²) in [7, 11) is 1.57. The van der Waals surface area contributed by atoms with Crippen molar-refractivity contribution < 1.29 is 23.5 Å². The van der Waals surface area contributed by atoms with E-state index >= 15 is 0 Å². The number of nitrogens with zero attached hydrogens (tertiary/aromatic N) is 1. The molecule has 0 spiro atoms. The molecule has 3 rings (SSSR count). The zero-order valence-electron chi connectivity index (χ0n) is 18.7. The first-order valence-corrected chi connectivity index (χ1v) is 10.6. The van der Waals surface area contributed by atoms with E-state index in [-0.39, 0.29) is 37.3 Å². The third-order valence-electron chi connectivity index (χ3n) is 5.18. The Labute approximate surface area is 192 Å². The molecule has 1 unspecified atom stereocenters. The Morgan fingerprint density at radius 3 is 2.33 bits per heavy atom. The highest BCUT2D eigenvalue weighted by molar-refractivity contribution is 5.88. The highest BCUT2D eigenvalue weighted by Gasteiger charge is 2.26. The minimum absolute atomic E-state index is 0.139. The van der Waals surface area contributed by atoms with Crippen LogP contribution in [0.15, 0.2) is 78.9 Å². The highest BCUT2D eigenvalue weighted by atomic mass is 19.1. The van der Waals surface area contributed by atoms with E-state index in [2.05, 4.69) is 5.32 Å². The highest BCUT2D eigenvalue weighted by Crippen LogP contribution is 2.17. The molecule has 0 fully saturated rings. The quantitative estimate of drug-likeness (QED) is 0.508. The molecule has 33 heavy (non-hydrogen) atoms. The summed E-state index contributed by atoms with van der Waals surface area (Å²) in [4.78, 5) is 27.4. The molecule has 0 aromatic heterocycles. The van der Waals surface area contributed by atoms with Crippen molar-refractivity contribution in [2.24, 2.45) is 0 Å². The van der Waals surface area contributed by atoms with Crippen LogP contribution in [0.2, 0.25) is 0 Å². The van der Waals surface area contributed by atoms with Gasteiger partial charge in [0.2, 0.25) is 5.91 Å². The van der Waals surface area contributed by atoms with Crippen molar-refractivity contribution in [1.82, 2.24) is 10.2 Å². The van der Waals surface area contributed by atoms with Gasteiger partial charge in [0.1, 0.15) is 23.4 Å². The summed E-state index contributed by atoms with van der Waals surface area (Å²) in [6.45, 7) is 1.82. The maximum Gasteiger partial charge on any atom is 0.261 e. The van der Waals surface area contributed by atoms with Crippen molar-refractivity contribution in [2.45, 2.75) is 26.1 Å². The van der Waals surface area contributed by atoms with Crippen LogP contribution in [0.4, 0.5) is 4.39 Å². The molecule has 3 aromatic carbocycles. The standard InChI is InChI=1S/C26H27FN2O4/c1-19(26(31)28-16-21-8-6-7-11-24(21)32-2)29(17-20-12-14-22(27)15-13-20)25(30)18-33-23-9-4-3-5-10-23/h3-15,19H,16-18H2,1-2H3,(H,28,31). The van der Waals surface area contributed by atoms with Gasteiger partial charge in [-0.3, -0.25) is 9.59 Å². The van der Waals surface area contributed by atoms with Crippen molar-refractivity contribution in [3.63, 3.8) is 0 Å². The van der Waals surface area contributed by atoms with Gasteiger partial charge in [0, 0.05) is 18.7 Å². The minimum Gasteiger partial charge on any atom is -0.496 e. The van der Waals surface area contributed by atoms with Crippen LogP contribution in [0, 0.1) is 5.82 Å². The molecular formula is C26H27FN2O4. The first kappa shape index (κ1) is 23.8. The second-order valence-electron chi connectivity index (χ2n) is 7.46. The van der Waals surface area contributed by atoms with Crippen LogP contribution in [0.3, 0.4) is 0 Å². The average Bonchev–Trinajstić information content (AvgIpc) is 2.85. The maximum atomic E-state index is 13.3. The molecule has 7 heteroatoms. The molecule has 2 amide bonds. The average molecular weight is 451 g/mol. The number of para-hydroxylation sites is 2. The Kier molecular flexibility index (Phi) is 8.41. The summed E-state index contributed by atoms with van der Waals surface area (Å²) in [6.07, 6.45) is 0. The monoisotopic (exact) mass is 450 g/mol. The van der Waals surface area contributed by atoms with Gasteiger partial charge in [-0.1, -0.05) is 48.5 Å². The predicted octanol–water partition coefficient (Wildman–Crippen LogP) is 3.95. The molecule has 6 nitrogen and oxygen atoms in total. The summed E-state index contributed by atoms with van der Waals surface area (Å²) in [5.41, 5.74) is 1.53. The van der Waals surface area contributed by atoms with E-state index in [1.165, 1.54) is 17.0 Å². The van der Waals surface area contributed by atoms with Crippen molar-refractivity contribution in [2.75, 3.05) is 13.7 Å². The van der Waals surface area contributed by atoms with E-state index in [4.69, 9.17) is 9.47 Å². The van der Waals surface area contributed by atoms with Crippen LogP contribution in [-0.2, 0) is 22.7 Å². The number of hydrogen-bond donors (Lipinski definition) is 1. The molecule has 0 aliphatic heterocycles. The molecule has 0 saturated carbocycles. The lowest BCUT2D eigenvalue weighted by Crippen LogP contribution is -2.48. The van der Waals surface area contributed by atoms with Crippen LogP contribution >= 0.6 is 0 Å². The van der Waals surface area contributed by atoms with Gasteiger partial charge >= 0.3 is 0 Å². The molecule has 0 heterocycles. The summed E-state index contributed by atoms with van der Waals surface area (Å²) >= 11 is 0. The Balaban J connectivity index is 1.71. The third-order valence-corrected chi connectivity index (χ3v) is 5.18. The zero-order valence-corrected chi connectivity index (χ0v) is 18.7. The van der Waals surface area contributed by atoms with Crippen LogP contribution in [0.25, 0.3) is 0 Å². The van der Waals surface area contributed by atoms with Gasteiger partial charge < -0.3 is 19.7 Å². The predicted molar refractivity (Wildman–Crippen MR) is 123 cm³/mol. The lowest BCUT2D eigenvalue weighted by Gasteiger charge is -2.29. The smallest absolute Gasteiger partial charge is 0.261 e. The summed E-state index contributed by atoms with van der Waals surface area (Å²) in [6, 6.07) is 21.4. The largest absolute Gasteiger partial charge is 0.496 e. The number of amides is 2. The summed E-state index contributed by atoms with van der Waals surface area (Å²) in [5.74, 6) is 0.174. The van der Waals surface area contributed by atoms with E-state index in [0.717, 1.165) is 5.56 Å². The van der Waals surface area contributed by atoms with Gasteiger partial charge in [0.25, 0.3) is 5.91 Å². The van der Waals surface area contributed by atoms with Gasteiger partial charge in [0.05, 0.1) is 7.11 Å². The maximum absolute atomic E-state index is 13.3. The van der Waals surface area contributed by atoms with E-state index in [1.807, 2.05) is 42.5 Å². The van der Waals surface area contributed by atoms with Crippen molar-refractivity contribution in [3.05, 3.63) is 95.8 Å². The number of carbonyl (C=O) groups is 2. The van der Waals surface area contributed by atoms with Gasteiger partial charge in [-0.15, -0.1) is 0 Å². The molecule has 3 aromatic rings. The minimum atomic E-state index is -0.781. The third kappa shape index (κ3) is 6.80. The molecule has 172 valence electrons. The molecule has 0 aliphatic rings. The summed E-state index contributed by atoms with van der Waals surface area (Å²) < 4.78 is 24.2. The fraction of sp³-hybridized carbons (Fsp3) is 0.231. The normalized spacial score (nSPS) is 11.4. The number of methoxy groups -OCH3 is 1. The number of benzene rings is 3. The van der Waals surface area contributed by atoms with Gasteiger partial charge in [-0.05, 0) is 42.8 Å². The van der Waals surface area contributed by atoms with Crippen molar-refractivity contribution in [3.8, 4) is 11.5 Å². The van der Waals surface area contributed by atoms with E-state index in [1.54, 1.807) is 38.3 Å². The molecule has 1 atom stereocenters. The Hall–Kier alpha value is -3.87. The number of ether oxygens (including phenoxy) is 2. The molecule has 0 bridgehead atoms. The van der Waals surface area contributed by atoms with Gasteiger partial charge in [-0.2, -0.15) is 0 Å². The summed E-state index contributed by atoms with van der Waals surface area (Å²) in [5, 5.41) is 2.86. The molecular weight excluding hydrogens is 423 g/mol. The van der Waals surface area contributed by atoms with E-state index < -0.39 is 6.04 Å². The van der Waals surface area contributed by atoms with Crippen molar-refractivity contribution >= 4 is 11.8 Å². The first-order chi connectivity index (χ1) is 16.0. The lowest BCUT2D eigenvalue weighted by molar-refractivity contribution is -0.142. The van der Waals surface area contributed by atoms with Crippen LogP contribution < -0.4 is 14.8 Å². The van der Waals surface area contributed by atoms with Gasteiger partial charge in [-0.25, -0.2) is 4.39 Å². The second-order valence-corrected chi connectivity index (χ2v) is 7.46. The Morgan fingerprint density at radius 2 is 1.64 bits per heavy atom. The number of hydrogen-bond acceptors (Lipinski definition) is 4. The number of rotatable bonds is 10. The van der Waals surface area contributed by atoms with Crippen molar-refractivity contribution in [1.29, 1.82) is 0 Å². The Morgan fingerprint density at radius 1 is 0.970 bits per heavy atom. The lowest BCUT2D eigenvalue weighted by atomic mass is 10.1. The van der Waals surface area contributed by atoms with Crippen LogP contribution in [0.5, 0.6) is 11.5 Å². The molecule has 0 aliphatic carbocycles. The number of nitrogens with one attached hydrogen (secondary N) is 1. The Bertz CT molecular complexity index is 1060. The van der Waals surface area contributed by atoms with E-state index in [9.17, 15) is 14.0 Å². The second kappa shape index (κ2) is 11.7. The van der Waals surface area contributed by atoms with Gasteiger partial charge in [0.15, 0.2) is 6.61 Å². The molecule has 0 radical (unpaired) electrons.